The Morgan fingerprint density at radius 2 is 1.92 bits per heavy atom. The zero-order valence-electron chi connectivity index (χ0n) is 14.1. The number of nitrogens with zero attached hydrogens (tertiary/aromatic N) is 1. The zero-order valence-corrected chi connectivity index (χ0v) is 15.7. The fraction of sp³-hybridized carbons (Fsp3) is 0.316. The van der Waals surface area contributed by atoms with Crippen molar-refractivity contribution in [2.75, 3.05) is 25.6 Å². The maximum Gasteiger partial charge on any atom is 0.220 e. The van der Waals surface area contributed by atoms with Gasteiger partial charge in [-0.3, -0.25) is 4.79 Å². The maximum absolute atomic E-state index is 11.9. The summed E-state index contributed by atoms with van der Waals surface area (Å²) in [5, 5.41) is 2.94. The second kappa shape index (κ2) is 9.33. The number of amides is 1. The Morgan fingerprint density at radius 3 is 2.58 bits per heavy atom. The zero-order chi connectivity index (χ0) is 17.4. The summed E-state index contributed by atoms with van der Waals surface area (Å²) in [7, 11) is 4.01. The van der Waals surface area contributed by atoms with Crippen LogP contribution >= 0.6 is 15.9 Å². The topological polar surface area (TPSA) is 41.6 Å². The van der Waals surface area contributed by atoms with Crippen molar-refractivity contribution in [2.45, 2.75) is 19.4 Å². The van der Waals surface area contributed by atoms with Crippen molar-refractivity contribution in [3.05, 3.63) is 58.6 Å². The molecular weight excluding hydrogens is 368 g/mol. The summed E-state index contributed by atoms with van der Waals surface area (Å²) in [4.78, 5) is 13.9. The number of anilines is 1. The number of carbonyl (C=O) groups is 1. The molecule has 4 nitrogen and oxygen atoms in total. The molecule has 24 heavy (non-hydrogen) atoms. The number of halogens is 1. The predicted octanol–water partition coefficient (Wildman–Crippen LogP) is 3.99. The number of nitrogens with one attached hydrogen (secondary N) is 1. The first kappa shape index (κ1) is 18.3. The molecule has 0 spiro atoms. The Balaban J connectivity index is 1.64. The van der Waals surface area contributed by atoms with Crippen molar-refractivity contribution >= 4 is 27.5 Å². The lowest BCUT2D eigenvalue weighted by Crippen LogP contribution is -2.23. The molecule has 0 aromatic heterocycles. The molecule has 0 aliphatic carbocycles. The standard InChI is InChI=1S/C19H23BrN2O2/c1-22(2)17-10-8-15(9-11-17)14-21-19(23)7-4-12-24-18-6-3-5-16(20)13-18/h3,5-6,8-11,13H,4,7,12,14H2,1-2H3,(H,21,23). The molecule has 0 heterocycles. The lowest BCUT2D eigenvalue weighted by atomic mass is 10.2. The number of ether oxygens (including phenoxy) is 1. The van der Waals surface area contributed by atoms with Crippen molar-refractivity contribution in [1.82, 2.24) is 5.32 Å². The first-order valence-electron chi connectivity index (χ1n) is 7.96. The van der Waals surface area contributed by atoms with Gasteiger partial charge in [0.25, 0.3) is 0 Å². The van der Waals surface area contributed by atoms with Gasteiger partial charge in [0, 0.05) is 37.2 Å². The fourth-order valence-corrected chi connectivity index (χ4v) is 2.56. The van der Waals surface area contributed by atoms with Gasteiger partial charge in [-0.15, -0.1) is 0 Å². The van der Waals surface area contributed by atoms with Crippen LogP contribution in [0.2, 0.25) is 0 Å². The van der Waals surface area contributed by atoms with Crippen LogP contribution in [0.3, 0.4) is 0 Å². The van der Waals surface area contributed by atoms with Gasteiger partial charge >= 0.3 is 0 Å². The maximum atomic E-state index is 11.9. The highest BCUT2D eigenvalue weighted by molar-refractivity contribution is 9.10. The van der Waals surface area contributed by atoms with E-state index in [0.717, 1.165) is 21.5 Å². The molecule has 128 valence electrons. The lowest BCUT2D eigenvalue weighted by Gasteiger charge is -2.13. The molecule has 0 fully saturated rings. The molecule has 0 unspecified atom stereocenters. The molecule has 2 rings (SSSR count). The van der Waals surface area contributed by atoms with Crippen molar-refractivity contribution < 1.29 is 9.53 Å². The molecule has 2 aromatic rings. The highest BCUT2D eigenvalue weighted by atomic mass is 79.9. The van der Waals surface area contributed by atoms with Crippen LogP contribution in [0.5, 0.6) is 5.75 Å². The van der Waals surface area contributed by atoms with Crippen molar-refractivity contribution in [3.63, 3.8) is 0 Å². The van der Waals surface area contributed by atoms with Gasteiger partial charge in [0.05, 0.1) is 6.61 Å². The van der Waals surface area contributed by atoms with Gasteiger partial charge in [0.15, 0.2) is 0 Å². The number of hydrogen-bond donors (Lipinski definition) is 1. The van der Waals surface area contributed by atoms with Crippen LogP contribution in [-0.2, 0) is 11.3 Å². The average Bonchev–Trinajstić information content (AvgIpc) is 2.57. The normalized spacial score (nSPS) is 10.3. The fourth-order valence-electron chi connectivity index (χ4n) is 2.18. The Kier molecular flexibility index (Phi) is 7.12. The summed E-state index contributed by atoms with van der Waals surface area (Å²) < 4.78 is 6.61. The van der Waals surface area contributed by atoms with Crippen LogP contribution < -0.4 is 15.0 Å². The number of hydrogen-bond acceptors (Lipinski definition) is 3. The van der Waals surface area contributed by atoms with Gasteiger partial charge < -0.3 is 15.0 Å². The molecule has 0 saturated carbocycles. The molecule has 2 aromatic carbocycles. The van der Waals surface area contributed by atoms with Crippen LogP contribution in [-0.4, -0.2) is 26.6 Å². The summed E-state index contributed by atoms with van der Waals surface area (Å²) in [5.74, 6) is 0.857. The number of benzene rings is 2. The quantitative estimate of drug-likeness (QED) is 0.692. The Morgan fingerprint density at radius 1 is 1.17 bits per heavy atom. The van der Waals surface area contributed by atoms with E-state index in [1.54, 1.807) is 0 Å². The minimum absolute atomic E-state index is 0.0459. The van der Waals surface area contributed by atoms with Gasteiger partial charge in [-0.2, -0.15) is 0 Å². The number of carbonyl (C=O) groups excluding carboxylic acids is 1. The first-order valence-corrected chi connectivity index (χ1v) is 8.75. The second-order valence-electron chi connectivity index (χ2n) is 5.75. The molecular formula is C19H23BrN2O2. The second-order valence-corrected chi connectivity index (χ2v) is 6.66. The predicted molar refractivity (Wildman–Crippen MR) is 101 cm³/mol. The van der Waals surface area contributed by atoms with E-state index >= 15 is 0 Å². The van der Waals surface area contributed by atoms with Gasteiger partial charge in [-0.1, -0.05) is 34.1 Å². The van der Waals surface area contributed by atoms with E-state index in [0.29, 0.717) is 26.0 Å². The molecule has 0 saturated heterocycles. The lowest BCUT2D eigenvalue weighted by molar-refractivity contribution is -0.121. The first-order chi connectivity index (χ1) is 11.5. The highest BCUT2D eigenvalue weighted by Crippen LogP contribution is 2.18. The third-order valence-corrected chi connectivity index (χ3v) is 4.05. The average molecular weight is 391 g/mol. The third-order valence-electron chi connectivity index (χ3n) is 3.56. The van der Waals surface area contributed by atoms with E-state index in [-0.39, 0.29) is 5.91 Å². The SMILES string of the molecule is CN(C)c1ccc(CNC(=O)CCCOc2cccc(Br)c2)cc1. The van der Waals surface area contributed by atoms with Crippen LogP contribution in [0.15, 0.2) is 53.0 Å². The summed E-state index contributed by atoms with van der Waals surface area (Å²) in [6.45, 7) is 1.08. The van der Waals surface area contributed by atoms with E-state index in [2.05, 4.69) is 21.2 Å². The molecule has 1 N–H and O–H groups in total. The van der Waals surface area contributed by atoms with Gasteiger partial charge in [0.2, 0.25) is 5.91 Å². The molecule has 0 bridgehead atoms. The van der Waals surface area contributed by atoms with Crippen LogP contribution in [0.25, 0.3) is 0 Å². The van der Waals surface area contributed by atoms with Gasteiger partial charge in [-0.05, 0) is 42.3 Å². The molecule has 0 radical (unpaired) electrons. The van der Waals surface area contributed by atoms with Crippen molar-refractivity contribution in [2.24, 2.45) is 0 Å². The number of rotatable bonds is 8. The van der Waals surface area contributed by atoms with Gasteiger partial charge in [0.1, 0.15) is 5.75 Å². The van der Waals surface area contributed by atoms with Gasteiger partial charge in [-0.25, -0.2) is 0 Å². The molecule has 0 aliphatic heterocycles. The van der Waals surface area contributed by atoms with Crippen LogP contribution in [0.4, 0.5) is 5.69 Å². The van der Waals surface area contributed by atoms with Crippen molar-refractivity contribution in [3.8, 4) is 5.75 Å². The van der Waals surface area contributed by atoms with Crippen LogP contribution in [0.1, 0.15) is 18.4 Å². The summed E-state index contributed by atoms with van der Waals surface area (Å²) in [6.07, 6.45) is 1.15. The molecule has 1 amide bonds. The van der Waals surface area contributed by atoms with E-state index in [1.807, 2.05) is 67.5 Å². The Hall–Kier alpha value is -2.01. The summed E-state index contributed by atoms with van der Waals surface area (Å²) in [6, 6.07) is 15.9. The monoisotopic (exact) mass is 390 g/mol. The van der Waals surface area contributed by atoms with E-state index in [1.165, 1.54) is 0 Å². The smallest absolute Gasteiger partial charge is 0.220 e. The minimum atomic E-state index is 0.0459. The summed E-state index contributed by atoms with van der Waals surface area (Å²) >= 11 is 3.40. The van der Waals surface area contributed by atoms with E-state index < -0.39 is 0 Å². The largest absolute Gasteiger partial charge is 0.494 e. The van der Waals surface area contributed by atoms with Crippen molar-refractivity contribution in [1.29, 1.82) is 0 Å². The minimum Gasteiger partial charge on any atom is -0.494 e. The Labute approximate surface area is 151 Å². The third kappa shape index (κ3) is 6.24. The summed E-state index contributed by atoms with van der Waals surface area (Å²) in [5.41, 5.74) is 2.24. The van der Waals surface area contributed by atoms with E-state index in [4.69, 9.17) is 4.74 Å². The molecule has 0 aliphatic rings. The molecule has 5 heteroatoms. The van der Waals surface area contributed by atoms with E-state index in [9.17, 15) is 4.79 Å². The molecule has 0 atom stereocenters. The Bertz CT molecular complexity index is 657. The van der Waals surface area contributed by atoms with Crippen LogP contribution in [0, 0.1) is 0 Å². The highest BCUT2D eigenvalue weighted by Gasteiger charge is 2.03.